The second kappa shape index (κ2) is 6.58. The van der Waals surface area contributed by atoms with E-state index >= 15 is 0 Å². The van der Waals surface area contributed by atoms with Crippen LogP contribution in [0.4, 0.5) is 0 Å². The molecule has 0 aromatic carbocycles. The van der Waals surface area contributed by atoms with Crippen LogP contribution in [0.1, 0.15) is 52.0 Å². The van der Waals surface area contributed by atoms with Gasteiger partial charge in [-0.1, -0.05) is 13.3 Å². The van der Waals surface area contributed by atoms with Crippen molar-refractivity contribution in [3.63, 3.8) is 0 Å². The first-order valence-corrected chi connectivity index (χ1v) is 8.00. The molecule has 0 saturated carbocycles. The standard InChI is InChI=1S/C15H21NO4S/c1-3-7-15(10-20-2)8-4-9-16(15)13(17)11-5-6-12(21-11)14(18)19/h5-6H,3-4,7-10H2,1-2H3,(H,18,19). The fourth-order valence-corrected chi connectivity index (χ4v) is 3.97. The van der Waals surface area contributed by atoms with Gasteiger partial charge in [0.15, 0.2) is 0 Å². The Morgan fingerprint density at radius 2 is 2.14 bits per heavy atom. The van der Waals surface area contributed by atoms with Crippen molar-refractivity contribution in [1.29, 1.82) is 0 Å². The molecule has 1 N–H and O–H groups in total. The van der Waals surface area contributed by atoms with Gasteiger partial charge in [-0.05, 0) is 31.4 Å². The van der Waals surface area contributed by atoms with Crippen molar-refractivity contribution >= 4 is 23.2 Å². The summed E-state index contributed by atoms with van der Waals surface area (Å²) in [5.41, 5.74) is -0.242. The van der Waals surface area contributed by atoms with Gasteiger partial charge in [0, 0.05) is 13.7 Å². The predicted molar refractivity (Wildman–Crippen MR) is 81.1 cm³/mol. The monoisotopic (exact) mass is 311 g/mol. The van der Waals surface area contributed by atoms with Crippen LogP contribution < -0.4 is 0 Å². The Morgan fingerprint density at radius 3 is 2.71 bits per heavy atom. The SMILES string of the molecule is CCCC1(COC)CCCN1C(=O)c1ccc(C(=O)O)s1. The van der Waals surface area contributed by atoms with Gasteiger partial charge in [0.05, 0.1) is 17.0 Å². The van der Waals surface area contributed by atoms with E-state index in [4.69, 9.17) is 9.84 Å². The molecular weight excluding hydrogens is 290 g/mol. The molecule has 0 bridgehead atoms. The molecule has 116 valence electrons. The third-order valence-electron chi connectivity index (χ3n) is 4.00. The van der Waals surface area contributed by atoms with Crippen molar-refractivity contribution in [3.8, 4) is 0 Å². The van der Waals surface area contributed by atoms with Crippen molar-refractivity contribution in [2.45, 2.75) is 38.1 Å². The molecule has 1 fully saturated rings. The topological polar surface area (TPSA) is 66.8 Å². The number of thiophene rings is 1. The number of carbonyl (C=O) groups excluding carboxylic acids is 1. The number of amides is 1. The fourth-order valence-electron chi connectivity index (χ4n) is 3.17. The molecule has 1 unspecified atom stereocenters. The smallest absolute Gasteiger partial charge is 0.345 e. The Bertz CT molecular complexity index is 519. The molecule has 21 heavy (non-hydrogen) atoms. The minimum atomic E-state index is -0.989. The van der Waals surface area contributed by atoms with Crippen LogP contribution in [-0.2, 0) is 4.74 Å². The number of hydrogen-bond donors (Lipinski definition) is 1. The van der Waals surface area contributed by atoms with E-state index in [9.17, 15) is 9.59 Å². The van der Waals surface area contributed by atoms with E-state index in [0.29, 0.717) is 18.0 Å². The van der Waals surface area contributed by atoms with Gasteiger partial charge in [-0.2, -0.15) is 0 Å². The number of carboxylic acid groups (broad SMARTS) is 1. The van der Waals surface area contributed by atoms with Crippen LogP contribution in [0.15, 0.2) is 12.1 Å². The minimum Gasteiger partial charge on any atom is -0.477 e. The number of likely N-dealkylation sites (tertiary alicyclic amines) is 1. The van der Waals surface area contributed by atoms with Crippen molar-refractivity contribution in [3.05, 3.63) is 21.9 Å². The van der Waals surface area contributed by atoms with Crippen molar-refractivity contribution in [1.82, 2.24) is 4.90 Å². The van der Waals surface area contributed by atoms with Crippen LogP contribution in [0.3, 0.4) is 0 Å². The van der Waals surface area contributed by atoms with E-state index in [-0.39, 0.29) is 16.3 Å². The third-order valence-corrected chi connectivity index (χ3v) is 5.06. The number of methoxy groups -OCH3 is 1. The molecule has 2 heterocycles. The number of hydrogen-bond acceptors (Lipinski definition) is 4. The van der Waals surface area contributed by atoms with Crippen molar-refractivity contribution in [2.24, 2.45) is 0 Å². The lowest BCUT2D eigenvalue weighted by Gasteiger charge is -2.38. The van der Waals surface area contributed by atoms with E-state index in [0.717, 1.165) is 37.0 Å². The zero-order chi connectivity index (χ0) is 15.5. The largest absolute Gasteiger partial charge is 0.477 e. The van der Waals surface area contributed by atoms with Crippen LogP contribution in [0.2, 0.25) is 0 Å². The number of ether oxygens (including phenoxy) is 1. The molecule has 0 aliphatic carbocycles. The summed E-state index contributed by atoms with van der Waals surface area (Å²) in [6.45, 7) is 3.35. The number of carbonyl (C=O) groups is 2. The summed E-state index contributed by atoms with van der Waals surface area (Å²) in [4.78, 5) is 26.3. The molecule has 1 aliphatic heterocycles. The van der Waals surface area contributed by atoms with Crippen molar-refractivity contribution < 1.29 is 19.4 Å². The molecule has 5 nitrogen and oxygen atoms in total. The molecule has 2 rings (SSSR count). The summed E-state index contributed by atoms with van der Waals surface area (Å²) < 4.78 is 5.36. The first-order valence-electron chi connectivity index (χ1n) is 7.18. The van der Waals surface area contributed by atoms with Crippen LogP contribution in [0.5, 0.6) is 0 Å². The van der Waals surface area contributed by atoms with E-state index < -0.39 is 5.97 Å². The molecule has 0 spiro atoms. The maximum atomic E-state index is 12.7. The Labute approximate surface area is 128 Å². The van der Waals surface area contributed by atoms with Crippen LogP contribution in [0.25, 0.3) is 0 Å². The molecule has 1 aromatic heterocycles. The van der Waals surface area contributed by atoms with E-state index in [1.807, 2.05) is 4.90 Å². The lowest BCUT2D eigenvalue weighted by molar-refractivity contribution is 0.0258. The predicted octanol–water partition coefficient (Wildman–Crippen LogP) is 2.87. The highest BCUT2D eigenvalue weighted by molar-refractivity contribution is 7.15. The molecule has 1 aromatic rings. The molecule has 1 aliphatic rings. The number of aromatic carboxylic acids is 1. The van der Waals surface area contributed by atoms with Gasteiger partial charge < -0.3 is 14.7 Å². The Morgan fingerprint density at radius 1 is 1.43 bits per heavy atom. The summed E-state index contributed by atoms with van der Waals surface area (Å²) >= 11 is 1.04. The summed E-state index contributed by atoms with van der Waals surface area (Å²) in [7, 11) is 1.66. The fraction of sp³-hybridized carbons (Fsp3) is 0.600. The Balaban J connectivity index is 2.24. The van der Waals surface area contributed by atoms with E-state index in [1.165, 1.54) is 6.07 Å². The Kier molecular flexibility index (Phi) is 5.00. The molecule has 6 heteroatoms. The minimum absolute atomic E-state index is 0.0736. The van der Waals surface area contributed by atoms with Gasteiger partial charge in [0.1, 0.15) is 4.88 Å². The van der Waals surface area contributed by atoms with Crippen molar-refractivity contribution in [2.75, 3.05) is 20.3 Å². The first-order chi connectivity index (χ1) is 10.0. The normalized spacial score (nSPS) is 21.7. The summed E-state index contributed by atoms with van der Waals surface area (Å²) in [5, 5.41) is 8.98. The number of rotatable bonds is 6. The van der Waals surface area contributed by atoms with Gasteiger partial charge in [-0.15, -0.1) is 11.3 Å². The van der Waals surface area contributed by atoms with Crippen LogP contribution >= 0.6 is 11.3 Å². The highest BCUT2D eigenvalue weighted by Crippen LogP contribution is 2.36. The average Bonchev–Trinajstić information content (AvgIpc) is 3.06. The van der Waals surface area contributed by atoms with Gasteiger partial charge in [-0.25, -0.2) is 4.79 Å². The lowest BCUT2D eigenvalue weighted by Crippen LogP contribution is -2.50. The second-order valence-electron chi connectivity index (χ2n) is 5.44. The van der Waals surface area contributed by atoms with E-state index in [2.05, 4.69) is 6.92 Å². The first kappa shape index (κ1) is 16.0. The van der Waals surface area contributed by atoms with E-state index in [1.54, 1.807) is 13.2 Å². The highest BCUT2D eigenvalue weighted by atomic mass is 32.1. The molecule has 1 saturated heterocycles. The Hall–Kier alpha value is -1.40. The zero-order valence-electron chi connectivity index (χ0n) is 12.4. The second-order valence-corrected chi connectivity index (χ2v) is 6.52. The van der Waals surface area contributed by atoms with Crippen LogP contribution in [-0.4, -0.2) is 47.7 Å². The maximum absolute atomic E-state index is 12.7. The molecule has 0 radical (unpaired) electrons. The maximum Gasteiger partial charge on any atom is 0.345 e. The van der Waals surface area contributed by atoms with Gasteiger partial charge in [0.25, 0.3) is 5.91 Å². The summed E-state index contributed by atoms with van der Waals surface area (Å²) in [5.74, 6) is -1.06. The van der Waals surface area contributed by atoms with Gasteiger partial charge in [0.2, 0.25) is 0 Å². The third kappa shape index (κ3) is 3.11. The lowest BCUT2D eigenvalue weighted by atomic mass is 9.91. The highest BCUT2D eigenvalue weighted by Gasteiger charge is 2.43. The quantitative estimate of drug-likeness (QED) is 0.877. The van der Waals surface area contributed by atoms with Crippen LogP contribution in [0, 0.1) is 0 Å². The summed E-state index contributed by atoms with van der Waals surface area (Å²) in [6.07, 6.45) is 3.80. The summed E-state index contributed by atoms with van der Waals surface area (Å²) in [6, 6.07) is 3.10. The number of nitrogens with zero attached hydrogens (tertiary/aromatic N) is 1. The number of carboxylic acids is 1. The molecule has 1 amide bonds. The zero-order valence-corrected chi connectivity index (χ0v) is 13.2. The molecule has 1 atom stereocenters. The molecular formula is C15H21NO4S. The van der Waals surface area contributed by atoms with Gasteiger partial charge >= 0.3 is 5.97 Å². The van der Waals surface area contributed by atoms with Gasteiger partial charge in [-0.3, -0.25) is 4.79 Å². The average molecular weight is 311 g/mol.